The topological polar surface area (TPSA) is 15.3 Å². The van der Waals surface area contributed by atoms with Crippen molar-refractivity contribution in [1.29, 1.82) is 0 Å². The zero-order chi connectivity index (χ0) is 13.9. The van der Waals surface area contributed by atoms with Crippen LogP contribution in [0.3, 0.4) is 0 Å². The van der Waals surface area contributed by atoms with E-state index in [1.807, 2.05) is 11.3 Å². The number of hydrogen-bond donors (Lipinski definition) is 1. The fraction of sp³-hybridized carbons (Fsp3) is 0.750. The van der Waals surface area contributed by atoms with E-state index in [9.17, 15) is 0 Å². The number of rotatable bonds is 5. The van der Waals surface area contributed by atoms with E-state index in [1.165, 1.54) is 24.3 Å². The van der Waals surface area contributed by atoms with Gasteiger partial charge in [-0.25, -0.2) is 0 Å². The molecule has 2 heterocycles. The number of nitrogens with zero attached hydrogens (tertiary/aromatic N) is 1. The summed E-state index contributed by atoms with van der Waals surface area (Å²) in [6.07, 6.45) is 2.66. The van der Waals surface area contributed by atoms with Gasteiger partial charge in [0.15, 0.2) is 0 Å². The minimum absolute atomic E-state index is 0.417. The summed E-state index contributed by atoms with van der Waals surface area (Å²) in [6, 6.07) is 5.62. The summed E-state index contributed by atoms with van der Waals surface area (Å²) in [7, 11) is 0. The molecule has 0 aromatic carbocycles. The molecule has 0 amide bonds. The molecule has 0 bridgehead atoms. The summed E-state index contributed by atoms with van der Waals surface area (Å²) in [5.41, 5.74) is 0.417. The van der Waals surface area contributed by atoms with E-state index in [0.717, 1.165) is 13.1 Å². The predicted octanol–water partition coefficient (Wildman–Crippen LogP) is 3.74. The largest absolute Gasteiger partial charge is 0.312 e. The molecule has 1 aliphatic rings. The van der Waals surface area contributed by atoms with E-state index in [0.29, 0.717) is 17.5 Å². The molecule has 19 heavy (non-hydrogen) atoms. The maximum atomic E-state index is 3.74. The maximum absolute atomic E-state index is 3.74. The Labute approximate surface area is 122 Å². The fourth-order valence-corrected chi connectivity index (χ4v) is 3.61. The SMILES string of the molecule is CC(C)N(Cc1cccs1)CC1NCCCC1(C)C. The average Bonchev–Trinajstić information content (AvgIpc) is 2.83. The standard InChI is InChI=1S/C16H28N2S/c1-13(2)18(11-14-7-5-10-19-14)12-15-16(3,4)8-6-9-17-15/h5,7,10,13,15,17H,6,8-9,11-12H2,1-4H3. The van der Waals surface area contributed by atoms with E-state index < -0.39 is 0 Å². The number of hydrogen-bond acceptors (Lipinski definition) is 3. The molecule has 3 heteroatoms. The van der Waals surface area contributed by atoms with Crippen LogP contribution < -0.4 is 5.32 Å². The average molecular weight is 280 g/mol. The van der Waals surface area contributed by atoms with Gasteiger partial charge in [-0.15, -0.1) is 11.3 Å². The quantitative estimate of drug-likeness (QED) is 0.884. The van der Waals surface area contributed by atoms with Crippen molar-refractivity contribution in [3.05, 3.63) is 22.4 Å². The van der Waals surface area contributed by atoms with E-state index in [4.69, 9.17) is 0 Å². The molecule has 1 N–H and O–H groups in total. The maximum Gasteiger partial charge on any atom is 0.0331 e. The molecular weight excluding hydrogens is 252 g/mol. The lowest BCUT2D eigenvalue weighted by atomic mass is 9.77. The van der Waals surface area contributed by atoms with Crippen molar-refractivity contribution in [3.8, 4) is 0 Å². The van der Waals surface area contributed by atoms with E-state index >= 15 is 0 Å². The Bertz CT molecular complexity index is 370. The molecule has 1 aromatic rings. The minimum Gasteiger partial charge on any atom is -0.312 e. The Kier molecular flexibility index (Phi) is 5.04. The number of piperidine rings is 1. The van der Waals surface area contributed by atoms with Gasteiger partial charge in [0.1, 0.15) is 0 Å². The second-order valence-electron chi connectivity index (χ2n) is 6.70. The van der Waals surface area contributed by atoms with E-state index in [1.54, 1.807) is 0 Å². The van der Waals surface area contributed by atoms with Crippen LogP contribution in [0.1, 0.15) is 45.4 Å². The van der Waals surface area contributed by atoms with Crippen molar-refractivity contribution < 1.29 is 0 Å². The molecule has 108 valence electrons. The van der Waals surface area contributed by atoms with Crippen molar-refractivity contribution in [2.45, 2.75) is 59.2 Å². The molecule has 2 rings (SSSR count). The lowest BCUT2D eigenvalue weighted by Gasteiger charge is -2.43. The highest BCUT2D eigenvalue weighted by Crippen LogP contribution is 2.31. The molecule has 2 nitrogen and oxygen atoms in total. The molecule has 1 unspecified atom stereocenters. The van der Waals surface area contributed by atoms with Crippen LogP contribution in [-0.2, 0) is 6.54 Å². The van der Waals surface area contributed by atoms with Gasteiger partial charge < -0.3 is 5.32 Å². The summed E-state index contributed by atoms with van der Waals surface area (Å²) in [4.78, 5) is 4.08. The van der Waals surface area contributed by atoms with Gasteiger partial charge in [0.2, 0.25) is 0 Å². The van der Waals surface area contributed by atoms with Crippen molar-refractivity contribution in [3.63, 3.8) is 0 Å². The van der Waals surface area contributed by atoms with Gasteiger partial charge in [-0.05, 0) is 50.1 Å². The fourth-order valence-electron chi connectivity index (χ4n) is 2.88. The van der Waals surface area contributed by atoms with Crippen molar-refractivity contribution in [1.82, 2.24) is 10.2 Å². The van der Waals surface area contributed by atoms with Gasteiger partial charge in [-0.2, -0.15) is 0 Å². The lowest BCUT2D eigenvalue weighted by Crippen LogP contribution is -2.53. The first-order valence-corrected chi connectivity index (χ1v) is 8.37. The van der Waals surface area contributed by atoms with Crippen LogP contribution in [0, 0.1) is 5.41 Å². The van der Waals surface area contributed by atoms with Crippen LogP contribution in [0.25, 0.3) is 0 Å². The molecule has 1 aliphatic heterocycles. The van der Waals surface area contributed by atoms with Gasteiger partial charge in [0.05, 0.1) is 0 Å². The van der Waals surface area contributed by atoms with Crippen molar-refractivity contribution in [2.24, 2.45) is 5.41 Å². The highest BCUT2D eigenvalue weighted by molar-refractivity contribution is 7.09. The molecular formula is C16H28N2S. The Hall–Kier alpha value is -0.380. The molecule has 0 spiro atoms. The third kappa shape index (κ3) is 4.04. The van der Waals surface area contributed by atoms with E-state index in [-0.39, 0.29) is 0 Å². The molecule has 1 fully saturated rings. The Morgan fingerprint density at radius 2 is 2.26 bits per heavy atom. The molecule has 1 aromatic heterocycles. The first-order chi connectivity index (χ1) is 8.99. The summed E-state index contributed by atoms with van der Waals surface area (Å²) in [6.45, 7) is 12.9. The summed E-state index contributed by atoms with van der Waals surface area (Å²) in [5.74, 6) is 0. The highest BCUT2D eigenvalue weighted by atomic mass is 32.1. The van der Waals surface area contributed by atoms with Crippen LogP contribution >= 0.6 is 11.3 Å². The molecule has 1 atom stereocenters. The minimum atomic E-state index is 0.417. The third-order valence-electron chi connectivity index (χ3n) is 4.42. The van der Waals surface area contributed by atoms with Crippen LogP contribution in [-0.4, -0.2) is 30.1 Å². The van der Waals surface area contributed by atoms with E-state index in [2.05, 4.69) is 55.4 Å². The zero-order valence-corrected chi connectivity index (χ0v) is 13.6. The lowest BCUT2D eigenvalue weighted by molar-refractivity contribution is 0.106. The molecule has 0 radical (unpaired) electrons. The summed E-state index contributed by atoms with van der Waals surface area (Å²) in [5, 5.41) is 5.91. The number of nitrogens with one attached hydrogen (secondary N) is 1. The normalized spacial score (nSPS) is 23.2. The van der Waals surface area contributed by atoms with Crippen LogP contribution in [0.2, 0.25) is 0 Å². The van der Waals surface area contributed by atoms with Crippen LogP contribution in [0.4, 0.5) is 0 Å². The molecule has 0 saturated carbocycles. The van der Waals surface area contributed by atoms with Gasteiger partial charge >= 0.3 is 0 Å². The Morgan fingerprint density at radius 3 is 2.84 bits per heavy atom. The smallest absolute Gasteiger partial charge is 0.0331 e. The van der Waals surface area contributed by atoms with Gasteiger partial charge in [0.25, 0.3) is 0 Å². The van der Waals surface area contributed by atoms with Gasteiger partial charge in [-0.3, -0.25) is 4.90 Å². The monoisotopic (exact) mass is 280 g/mol. The van der Waals surface area contributed by atoms with Crippen LogP contribution in [0.5, 0.6) is 0 Å². The second-order valence-corrected chi connectivity index (χ2v) is 7.73. The van der Waals surface area contributed by atoms with Gasteiger partial charge in [0, 0.05) is 30.1 Å². The van der Waals surface area contributed by atoms with Crippen LogP contribution in [0.15, 0.2) is 17.5 Å². The molecule has 1 saturated heterocycles. The third-order valence-corrected chi connectivity index (χ3v) is 5.28. The Morgan fingerprint density at radius 1 is 1.47 bits per heavy atom. The first-order valence-electron chi connectivity index (χ1n) is 7.49. The number of thiophene rings is 1. The first kappa shape index (κ1) is 15.0. The predicted molar refractivity (Wildman–Crippen MR) is 84.7 cm³/mol. The molecule has 0 aliphatic carbocycles. The summed E-state index contributed by atoms with van der Waals surface area (Å²) >= 11 is 1.87. The van der Waals surface area contributed by atoms with Gasteiger partial charge in [-0.1, -0.05) is 19.9 Å². The zero-order valence-electron chi connectivity index (χ0n) is 12.8. The highest BCUT2D eigenvalue weighted by Gasteiger charge is 2.33. The van der Waals surface area contributed by atoms with Crippen molar-refractivity contribution in [2.75, 3.05) is 13.1 Å². The second kappa shape index (κ2) is 6.38. The Balaban J connectivity index is 1.99. The summed E-state index contributed by atoms with van der Waals surface area (Å²) < 4.78 is 0. The van der Waals surface area contributed by atoms with Crippen molar-refractivity contribution >= 4 is 11.3 Å².